The average molecular weight is 508 g/mol. The molecule has 0 atom stereocenters. The van der Waals surface area contributed by atoms with Gasteiger partial charge in [-0.05, 0) is 69.1 Å². The lowest BCUT2D eigenvalue weighted by Crippen LogP contribution is -3.00. The largest absolute Gasteiger partial charge is 1.00 e. The third-order valence-electron chi connectivity index (χ3n) is 9.01. The molecule has 0 aromatic carbocycles. The van der Waals surface area contributed by atoms with Crippen molar-refractivity contribution in [1.82, 2.24) is 4.57 Å². The molecule has 0 unspecified atom stereocenters. The number of halogens is 1. The third kappa shape index (κ3) is 7.34. The summed E-state index contributed by atoms with van der Waals surface area (Å²) in [6, 6.07) is 0. The Labute approximate surface area is 209 Å². The summed E-state index contributed by atoms with van der Waals surface area (Å²) in [4.78, 5) is 0. The van der Waals surface area contributed by atoms with E-state index in [0.717, 1.165) is 17.8 Å². The topological polar surface area (TPSA) is 8.81 Å². The van der Waals surface area contributed by atoms with Crippen LogP contribution in [0.2, 0.25) is 0 Å². The van der Waals surface area contributed by atoms with Gasteiger partial charge in [0, 0.05) is 0 Å². The maximum absolute atomic E-state index is 2.65. The quantitative estimate of drug-likeness (QED) is 0.215. The van der Waals surface area contributed by atoms with Crippen LogP contribution in [0.15, 0.2) is 18.7 Å². The molecule has 0 N–H and O–H groups in total. The number of imidazole rings is 1. The van der Waals surface area contributed by atoms with Crippen molar-refractivity contribution in [3.8, 4) is 0 Å². The highest BCUT2D eigenvalue weighted by atomic mass is 79.9. The Morgan fingerprint density at radius 2 is 1.12 bits per heavy atom. The minimum absolute atomic E-state index is 0. The molecule has 32 heavy (non-hydrogen) atoms. The van der Waals surface area contributed by atoms with Gasteiger partial charge in [-0.3, -0.25) is 0 Å². The van der Waals surface area contributed by atoms with Gasteiger partial charge in [0.25, 0.3) is 0 Å². The molecule has 184 valence electrons. The molecule has 0 aliphatic heterocycles. The van der Waals surface area contributed by atoms with E-state index in [0.29, 0.717) is 5.54 Å². The number of rotatable bonds is 16. The van der Waals surface area contributed by atoms with Crippen LogP contribution in [0.4, 0.5) is 0 Å². The summed E-state index contributed by atoms with van der Waals surface area (Å²) in [5.74, 6) is 3.11. The second-order valence-electron chi connectivity index (χ2n) is 11.8. The van der Waals surface area contributed by atoms with Gasteiger partial charge in [0.2, 0.25) is 6.33 Å². The molecule has 1 heterocycles. The van der Waals surface area contributed by atoms with Crippen LogP contribution >= 0.6 is 0 Å². The molecule has 4 fully saturated rings. The molecule has 0 spiro atoms. The number of unbranched alkanes of at least 4 members (excludes halogenated alkanes) is 13. The van der Waals surface area contributed by atoms with E-state index in [4.69, 9.17) is 0 Å². The molecule has 1 aromatic heterocycles. The number of aromatic nitrogens is 2. The molecular weight excluding hydrogens is 456 g/mol. The van der Waals surface area contributed by atoms with Crippen LogP contribution in [0.25, 0.3) is 0 Å². The van der Waals surface area contributed by atoms with Crippen LogP contribution in [-0.4, -0.2) is 4.57 Å². The van der Waals surface area contributed by atoms with Gasteiger partial charge in [0.05, 0.1) is 6.54 Å². The molecule has 4 aliphatic carbocycles. The molecule has 0 radical (unpaired) electrons. The molecular formula is C29H51BrN2. The number of hydrogen-bond donors (Lipinski definition) is 0. The molecule has 0 saturated heterocycles. The average Bonchev–Trinajstić information content (AvgIpc) is 3.23. The van der Waals surface area contributed by atoms with Crippen LogP contribution < -0.4 is 21.5 Å². The summed E-state index contributed by atoms with van der Waals surface area (Å²) in [5, 5.41) is 0. The van der Waals surface area contributed by atoms with Gasteiger partial charge in [-0.1, -0.05) is 84.0 Å². The molecule has 5 rings (SSSR count). The summed E-state index contributed by atoms with van der Waals surface area (Å²) in [5.41, 5.74) is 0.496. The van der Waals surface area contributed by atoms with E-state index in [1.807, 2.05) is 0 Å². The van der Waals surface area contributed by atoms with Gasteiger partial charge in [-0.2, -0.15) is 0 Å². The van der Waals surface area contributed by atoms with E-state index in [1.165, 1.54) is 116 Å². The fourth-order valence-corrected chi connectivity index (χ4v) is 7.68. The summed E-state index contributed by atoms with van der Waals surface area (Å²) < 4.78 is 5.14. The standard InChI is InChI=1S/C29H51N2.BrH/c1-2-3-4-5-6-7-8-9-10-11-12-13-14-15-16-30-17-18-31(25-30)29-22-26-19-27(23-29)21-28(20-26)24-29;/h17-18,25-28H,2-16,19-24H2,1H3;1H/q+1;/p-1. The SMILES string of the molecule is CCCCCCCCCCCCCCCC[n+]1ccn(C23CC4CC(CC(C4)C2)C3)c1.[Br-]. The minimum Gasteiger partial charge on any atom is -1.00 e. The molecule has 4 saturated carbocycles. The lowest BCUT2D eigenvalue weighted by atomic mass is 9.53. The van der Waals surface area contributed by atoms with E-state index in [2.05, 4.69) is 34.8 Å². The molecule has 4 bridgehead atoms. The summed E-state index contributed by atoms with van der Waals surface area (Å²) >= 11 is 0. The lowest BCUT2D eigenvalue weighted by molar-refractivity contribution is -0.697. The van der Waals surface area contributed by atoms with Crippen LogP contribution in [0, 0.1) is 17.8 Å². The highest BCUT2D eigenvalue weighted by Crippen LogP contribution is 2.58. The van der Waals surface area contributed by atoms with Crippen LogP contribution in [0.5, 0.6) is 0 Å². The van der Waals surface area contributed by atoms with Crippen molar-refractivity contribution in [1.29, 1.82) is 0 Å². The Bertz CT molecular complexity index is 602. The molecule has 0 amide bonds. The van der Waals surface area contributed by atoms with Gasteiger partial charge in [0.1, 0.15) is 17.9 Å². The van der Waals surface area contributed by atoms with Crippen molar-refractivity contribution < 1.29 is 21.5 Å². The highest BCUT2D eigenvalue weighted by molar-refractivity contribution is 5.05. The van der Waals surface area contributed by atoms with Crippen LogP contribution in [-0.2, 0) is 12.1 Å². The number of nitrogens with zero attached hydrogens (tertiary/aromatic N) is 2. The van der Waals surface area contributed by atoms with E-state index in [-0.39, 0.29) is 17.0 Å². The third-order valence-corrected chi connectivity index (χ3v) is 9.01. The van der Waals surface area contributed by atoms with Crippen LogP contribution in [0.1, 0.15) is 135 Å². The van der Waals surface area contributed by atoms with Crippen LogP contribution in [0.3, 0.4) is 0 Å². The zero-order valence-electron chi connectivity index (χ0n) is 21.1. The lowest BCUT2D eigenvalue weighted by Gasteiger charge is -2.54. The predicted octanol–water partition coefficient (Wildman–Crippen LogP) is 5.19. The van der Waals surface area contributed by atoms with Gasteiger partial charge >= 0.3 is 0 Å². The summed E-state index contributed by atoms with van der Waals surface area (Å²) in [6.45, 7) is 3.52. The number of hydrogen-bond acceptors (Lipinski definition) is 0. The van der Waals surface area contributed by atoms with Crippen molar-refractivity contribution in [2.45, 2.75) is 147 Å². The first-order chi connectivity index (χ1) is 15.3. The Kier molecular flexibility index (Phi) is 11.1. The maximum atomic E-state index is 2.65. The predicted molar refractivity (Wildman–Crippen MR) is 131 cm³/mol. The molecule has 2 nitrogen and oxygen atoms in total. The van der Waals surface area contributed by atoms with E-state index in [9.17, 15) is 0 Å². The van der Waals surface area contributed by atoms with Gasteiger partial charge in [-0.15, -0.1) is 0 Å². The Hall–Kier alpha value is -0.310. The van der Waals surface area contributed by atoms with Crippen molar-refractivity contribution >= 4 is 0 Å². The van der Waals surface area contributed by atoms with Crippen molar-refractivity contribution in [3.05, 3.63) is 18.7 Å². The first-order valence-electron chi connectivity index (χ1n) is 14.3. The monoisotopic (exact) mass is 506 g/mol. The molecule has 1 aromatic rings. The molecule has 3 heteroatoms. The second-order valence-corrected chi connectivity index (χ2v) is 11.8. The van der Waals surface area contributed by atoms with E-state index in [1.54, 1.807) is 19.3 Å². The molecule has 4 aliphatic rings. The zero-order chi connectivity index (χ0) is 21.4. The van der Waals surface area contributed by atoms with E-state index < -0.39 is 0 Å². The number of aryl methyl sites for hydroxylation is 1. The Balaban J connectivity index is 0.00000289. The second kappa shape index (κ2) is 13.5. The Morgan fingerprint density at radius 1 is 0.688 bits per heavy atom. The maximum Gasteiger partial charge on any atom is 0.244 e. The summed E-state index contributed by atoms with van der Waals surface area (Å²) in [7, 11) is 0. The highest BCUT2D eigenvalue weighted by Gasteiger charge is 2.54. The normalized spacial score (nSPS) is 28.2. The van der Waals surface area contributed by atoms with Crippen molar-refractivity contribution in [3.63, 3.8) is 0 Å². The van der Waals surface area contributed by atoms with Gasteiger partial charge in [0.15, 0.2) is 0 Å². The first-order valence-corrected chi connectivity index (χ1v) is 14.3. The van der Waals surface area contributed by atoms with Crippen molar-refractivity contribution in [2.24, 2.45) is 17.8 Å². The first kappa shape index (κ1) is 26.3. The smallest absolute Gasteiger partial charge is 0.244 e. The fourth-order valence-electron chi connectivity index (χ4n) is 7.68. The van der Waals surface area contributed by atoms with Crippen molar-refractivity contribution in [2.75, 3.05) is 0 Å². The minimum atomic E-state index is 0. The Morgan fingerprint density at radius 3 is 1.59 bits per heavy atom. The van der Waals surface area contributed by atoms with Gasteiger partial charge in [-0.25, -0.2) is 9.13 Å². The zero-order valence-corrected chi connectivity index (χ0v) is 22.7. The van der Waals surface area contributed by atoms with E-state index >= 15 is 0 Å². The summed E-state index contributed by atoms with van der Waals surface area (Å²) in [6.07, 6.45) is 36.5. The van der Waals surface area contributed by atoms with Gasteiger partial charge < -0.3 is 17.0 Å². The fraction of sp³-hybridized carbons (Fsp3) is 0.897.